The van der Waals surface area contributed by atoms with Gasteiger partial charge in [-0.3, -0.25) is 4.79 Å². The van der Waals surface area contributed by atoms with Gasteiger partial charge in [0.15, 0.2) is 0 Å². The van der Waals surface area contributed by atoms with Gasteiger partial charge in [-0.15, -0.1) is 0 Å². The third-order valence-corrected chi connectivity index (χ3v) is 3.72. The van der Waals surface area contributed by atoms with Crippen LogP contribution < -0.4 is 11.1 Å². The van der Waals surface area contributed by atoms with Crippen molar-refractivity contribution in [3.63, 3.8) is 0 Å². The van der Waals surface area contributed by atoms with E-state index in [1.165, 1.54) is 7.11 Å². The molecule has 0 radical (unpaired) electrons. The summed E-state index contributed by atoms with van der Waals surface area (Å²) in [5.41, 5.74) is 7.87. The van der Waals surface area contributed by atoms with Gasteiger partial charge in [0.05, 0.1) is 13.2 Å². The lowest BCUT2D eigenvalue weighted by Crippen LogP contribution is -2.50. The number of hydrogen-bond acceptors (Lipinski definition) is 4. The maximum atomic E-state index is 12.3. The smallest absolute Gasteiger partial charge is 0.328 e. The van der Waals surface area contributed by atoms with Gasteiger partial charge in [-0.25, -0.2) is 4.79 Å². The highest BCUT2D eigenvalue weighted by atomic mass is 16.5. The fraction of sp³-hybridized carbons (Fsp3) is 0.263. The highest BCUT2D eigenvalue weighted by Crippen LogP contribution is 2.06. The van der Waals surface area contributed by atoms with E-state index < -0.39 is 18.1 Å². The van der Waals surface area contributed by atoms with Gasteiger partial charge in [0.25, 0.3) is 0 Å². The van der Waals surface area contributed by atoms with E-state index in [-0.39, 0.29) is 5.91 Å². The molecule has 2 aromatic rings. The van der Waals surface area contributed by atoms with E-state index in [1.807, 2.05) is 60.7 Å². The van der Waals surface area contributed by atoms with Crippen LogP contribution in [0, 0.1) is 0 Å². The number of benzene rings is 2. The lowest BCUT2D eigenvalue weighted by atomic mass is 10.0. The van der Waals surface area contributed by atoms with Crippen LogP contribution in [-0.4, -0.2) is 31.1 Å². The lowest BCUT2D eigenvalue weighted by molar-refractivity contribution is -0.145. The minimum Gasteiger partial charge on any atom is -0.467 e. The van der Waals surface area contributed by atoms with E-state index >= 15 is 0 Å². The predicted molar refractivity (Wildman–Crippen MR) is 92.2 cm³/mol. The van der Waals surface area contributed by atoms with Crippen molar-refractivity contribution < 1.29 is 14.3 Å². The largest absolute Gasteiger partial charge is 0.467 e. The van der Waals surface area contributed by atoms with Crippen molar-refractivity contribution in [3.8, 4) is 0 Å². The van der Waals surface area contributed by atoms with Gasteiger partial charge in [0, 0.05) is 6.42 Å². The Hall–Kier alpha value is -2.66. The van der Waals surface area contributed by atoms with Gasteiger partial charge in [-0.2, -0.15) is 0 Å². The first kappa shape index (κ1) is 17.7. The first-order valence-corrected chi connectivity index (χ1v) is 7.81. The molecule has 0 aliphatic rings. The fourth-order valence-electron chi connectivity index (χ4n) is 2.42. The number of hydrogen-bond donors (Lipinski definition) is 2. The zero-order valence-electron chi connectivity index (χ0n) is 13.6. The van der Waals surface area contributed by atoms with Gasteiger partial charge in [-0.1, -0.05) is 60.7 Å². The Labute approximate surface area is 141 Å². The summed E-state index contributed by atoms with van der Waals surface area (Å²) < 4.78 is 4.79. The summed E-state index contributed by atoms with van der Waals surface area (Å²) in [7, 11) is 1.30. The highest BCUT2D eigenvalue weighted by Gasteiger charge is 2.24. The fourth-order valence-corrected chi connectivity index (χ4v) is 2.42. The normalized spacial score (nSPS) is 12.9. The summed E-state index contributed by atoms with van der Waals surface area (Å²) >= 11 is 0. The third kappa shape index (κ3) is 5.21. The van der Waals surface area contributed by atoms with Crippen LogP contribution in [0.3, 0.4) is 0 Å². The first-order valence-electron chi connectivity index (χ1n) is 7.81. The van der Waals surface area contributed by atoms with Crippen molar-refractivity contribution in [3.05, 3.63) is 71.8 Å². The summed E-state index contributed by atoms with van der Waals surface area (Å²) in [6.07, 6.45) is 0.767. The number of carbonyl (C=O) groups excluding carboxylic acids is 2. The molecule has 0 spiro atoms. The molecule has 1 amide bonds. The molecule has 24 heavy (non-hydrogen) atoms. The Balaban J connectivity index is 2.00. The second-order valence-corrected chi connectivity index (χ2v) is 5.57. The monoisotopic (exact) mass is 326 g/mol. The predicted octanol–water partition coefficient (Wildman–Crippen LogP) is 1.46. The van der Waals surface area contributed by atoms with Gasteiger partial charge >= 0.3 is 5.97 Å². The van der Waals surface area contributed by atoms with E-state index in [2.05, 4.69) is 5.32 Å². The molecule has 0 aliphatic carbocycles. The molecule has 2 rings (SSSR count). The van der Waals surface area contributed by atoms with Gasteiger partial charge in [-0.05, 0) is 17.5 Å². The van der Waals surface area contributed by atoms with Crippen molar-refractivity contribution in [1.29, 1.82) is 0 Å². The second-order valence-electron chi connectivity index (χ2n) is 5.57. The third-order valence-electron chi connectivity index (χ3n) is 3.72. The van der Waals surface area contributed by atoms with Crippen LogP contribution >= 0.6 is 0 Å². The molecule has 0 aliphatic heterocycles. The van der Waals surface area contributed by atoms with E-state index in [4.69, 9.17) is 10.5 Å². The van der Waals surface area contributed by atoms with Crippen LogP contribution in [0.25, 0.3) is 0 Å². The zero-order chi connectivity index (χ0) is 17.4. The number of rotatable bonds is 7. The molecule has 0 unspecified atom stereocenters. The summed E-state index contributed by atoms with van der Waals surface area (Å²) in [5.74, 6) is -0.857. The van der Waals surface area contributed by atoms with Crippen LogP contribution in [0.4, 0.5) is 0 Å². The van der Waals surface area contributed by atoms with Crippen molar-refractivity contribution in [1.82, 2.24) is 5.32 Å². The number of esters is 1. The molecule has 0 saturated heterocycles. The minimum atomic E-state index is -0.758. The molecule has 0 fully saturated rings. The Morgan fingerprint density at radius 3 is 1.96 bits per heavy atom. The second kappa shape index (κ2) is 8.84. The van der Waals surface area contributed by atoms with Gasteiger partial charge in [0.1, 0.15) is 6.04 Å². The van der Waals surface area contributed by atoms with Crippen LogP contribution in [0.1, 0.15) is 11.1 Å². The van der Waals surface area contributed by atoms with Gasteiger partial charge in [0.2, 0.25) is 5.91 Å². The molecule has 0 aromatic heterocycles. The molecular formula is C19H22N2O3. The number of carbonyl (C=O) groups is 2. The number of amides is 1. The van der Waals surface area contributed by atoms with E-state index in [1.54, 1.807) is 0 Å². The average molecular weight is 326 g/mol. The summed E-state index contributed by atoms with van der Waals surface area (Å²) in [4.78, 5) is 24.3. The highest BCUT2D eigenvalue weighted by molar-refractivity contribution is 5.87. The maximum Gasteiger partial charge on any atom is 0.328 e. The standard InChI is InChI=1S/C19H22N2O3/c1-24-19(23)17(13-15-10-6-3-7-11-15)21-18(22)16(20)12-14-8-4-2-5-9-14/h2-11,16-17H,12-13,20H2,1H3,(H,21,22)/t16-,17+/m1/s1. The molecule has 3 N–H and O–H groups in total. The Morgan fingerprint density at radius 2 is 1.46 bits per heavy atom. The quantitative estimate of drug-likeness (QED) is 0.755. The van der Waals surface area contributed by atoms with Crippen molar-refractivity contribution in [2.45, 2.75) is 24.9 Å². The molecular weight excluding hydrogens is 304 g/mol. The molecule has 126 valence electrons. The average Bonchev–Trinajstić information content (AvgIpc) is 2.62. The van der Waals surface area contributed by atoms with Crippen molar-refractivity contribution >= 4 is 11.9 Å². The van der Waals surface area contributed by atoms with E-state index in [0.717, 1.165) is 11.1 Å². The number of methoxy groups -OCH3 is 1. The van der Waals surface area contributed by atoms with Crippen LogP contribution in [0.5, 0.6) is 0 Å². The molecule has 2 atom stereocenters. The van der Waals surface area contributed by atoms with Crippen LogP contribution in [0.2, 0.25) is 0 Å². The summed E-state index contributed by atoms with van der Waals surface area (Å²) in [5, 5.41) is 2.70. The molecule has 0 saturated carbocycles. The van der Waals surface area contributed by atoms with E-state index in [0.29, 0.717) is 12.8 Å². The molecule has 2 aromatic carbocycles. The topological polar surface area (TPSA) is 81.4 Å². The molecule has 0 bridgehead atoms. The molecule has 5 heteroatoms. The zero-order valence-corrected chi connectivity index (χ0v) is 13.6. The number of nitrogens with two attached hydrogens (primary N) is 1. The van der Waals surface area contributed by atoms with Gasteiger partial charge < -0.3 is 15.8 Å². The lowest BCUT2D eigenvalue weighted by Gasteiger charge is -2.19. The Morgan fingerprint density at radius 1 is 0.958 bits per heavy atom. The summed E-state index contributed by atoms with van der Waals surface area (Å²) in [6, 6.07) is 17.5. The maximum absolute atomic E-state index is 12.3. The Kier molecular flexibility index (Phi) is 6.51. The van der Waals surface area contributed by atoms with Crippen molar-refractivity contribution in [2.75, 3.05) is 7.11 Å². The SMILES string of the molecule is COC(=O)[C@H](Cc1ccccc1)NC(=O)[C@H](N)Cc1ccccc1. The van der Waals surface area contributed by atoms with Crippen LogP contribution in [0.15, 0.2) is 60.7 Å². The minimum absolute atomic E-state index is 0.358. The summed E-state index contributed by atoms with van der Waals surface area (Å²) in [6.45, 7) is 0. The molecule has 5 nitrogen and oxygen atoms in total. The number of ether oxygens (including phenoxy) is 1. The van der Waals surface area contributed by atoms with Crippen LogP contribution in [-0.2, 0) is 27.2 Å². The van der Waals surface area contributed by atoms with Crippen molar-refractivity contribution in [2.24, 2.45) is 5.73 Å². The Bertz CT molecular complexity index is 659. The van der Waals surface area contributed by atoms with E-state index in [9.17, 15) is 9.59 Å². The number of nitrogens with one attached hydrogen (secondary N) is 1. The molecule has 0 heterocycles. The first-order chi connectivity index (χ1) is 11.6.